The third-order valence-corrected chi connectivity index (χ3v) is 10.5. The highest BCUT2D eigenvalue weighted by Gasteiger charge is 2.68. The van der Waals surface area contributed by atoms with E-state index >= 15 is 0 Å². The molecule has 1 aromatic carbocycles. The van der Waals surface area contributed by atoms with Gasteiger partial charge in [0.2, 0.25) is 0 Å². The van der Waals surface area contributed by atoms with E-state index in [9.17, 15) is 32.7 Å². The molecule has 4 rings (SSSR count). The van der Waals surface area contributed by atoms with E-state index in [2.05, 4.69) is 13.5 Å². The van der Waals surface area contributed by atoms with Gasteiger partial charge in [0.05, 0.1) is 11.7 Å². The smallest absolute Gasteiger partial charge is 0.416 e. The van der Waals surface area contributed by atoms with Gasteiger partial charge in [-0.15, -0.1) is 6.58 Å². The third-order valence-electron chi connectivity index (χ3n) is 10.5. The van der Waals surface area contributed by atoms with Crippen molar-refractivity contribution >= 4 is 23.8 Å². The number of rotatable bonds is 6. The van der Waals surface area contributed by atoms with Crippen molar-refractivity contribution < 1.29 is 42.1 Å². The van der Waals surface area contributed by atoms with Gasteiger partial charge in [-0.1, -0.05) is 45.9 Å². The lowest BCUT2D eigenvalue weighted by Crippen LogP contribution is -2.63. The number of alkyl halides is 3. The van der Waals surface area contributed by atoms with Crippen LogP contribution >= 0.6 is 0 Å². The molecule has 0 saturated heterocycles. The number of aliphatic hydroxyl groups is 1. The van der Waals surface area contributed by atoms with Crippen LogP contribution in [0.3, 0.4) is 0 Å². The van der Waals surface area contributed by atoms with Crippen molar-refractivity contribution in [3.63, 3.8) is 0 Å². The van der Waals surface area contributed by atoms with Crippen LogP contribution in [0.1, 0.15) is 70.9 Å². The first-order chi connectivity index (χ1) is 19.1. The highest BCUT2D eigenvalue weighted by molar-refractivity contribution is 5.88. The summed E-state index contributed by atoms with van der Waals surface area (Å²) in [4.78, 5) is 38.8. The van der Waals surface area contributed by atoms with E-state index in [4.69, 9.17) is 9.47 Å². The molecule has 3 fully saturated rings. The van der Waals surface area contributed by atoms with E-state index in [0.29, 0.717) is 12.8 Å². The number of Topliss-reactive ketones (excluding diaryl/α,β-unsaturated/α-hetero) is 1. The SMILES string of the molecule is C=CC1(C)C[C@@H](OC(=O)COC(=O)/C=C/c2cccc(C(F)(F)F)c2)[C@@]2(C)[C@@H]3C(=O)CCC3(CC[C@@H]2C)[C@@H](C)[C@@H]1O. The Labute approximate surface area is 239 Å². The highest BCUT2D eigenvalue weighted by Crippen LogP contribution is 2.68. The second-order valence-electron chi connectivity index (χ2n) is 12.6. The molecule has 3 aliphatic carbocycles. The summed E-state index contributed by atoms with van der Waals surface area (Å²) < 4.78 is 49.9. The number of ketones is 1. The Hall–Kier alpha value is -2.94. The zero-order chi connectivity index (χ0) is 30.4. The minimum atomic E-state index is -4.52. The molecule has 0 heterocycles. The largest absolute Gasteiger partial charge is 0.459 e. The number of esters is 2. The summed E-state index contributed by atoms with van der Waals surface area (Å²) in [5.74, 6) is -2.08. The van der Waals surface area contributed by atoms with E-state index in [1.165, 1.54) is 18.2 Å². The summed E-state index contributed by atoms with van der Waals surface area (Å²) in [6.07, 6.45) is 0.735. The topological polar surface area (TPSA) is 89.9 Å². The number of carbonyl (C=O) groups is 3. The van der Waals surface area contributed by atoms with E-state index in [1.807, 2.05) is 20.8 Å². The molecule has 6 nitrogen and oxygen atoms in total. The summed E-state index contributed by atoms with van der Waals surface area (Å²) >= 11 is 0. The second-order valence-corrected chi connectivity index (χ2v) is 12.6. The monoisotopic (exact) mass is 576 g/mol. The minimum Gasteiger partial charge on any atom is -0.459 e. The van der Waals surface area contributed by atoms with Crippen molar-refractivity contribution in [3.05, 3.63) is 54.1 Å². The zero-order valence-electron chi connectivity index (χ0n) is 24.0. The van der Waals surface area contributed by atoms with Gasteiger partial charge in [-0.2, -0.15) is 13.2 Å². The Bertz CT molecular complexity index is 1240. The van der Waals surface area contributed by atoms with Crippen LogP contribution in [-0.4, -0.2) is 41.6 Å². The average molecular weight is 577 g/mol. The number of hydrogen-bond acceptors (Lipinski definition) is 6. The van der Waals surface area contributed by atoms with Gasteiger partial charge >= 0.3 is 18.1 Å². The molecule has 1 N–H and O–H groups in total. The molecule has 0 spiro atoms. The quantitative estimate of drug-likeness (QED) is 0.248. The molecule has 2 unspecified atom stereocenters. The van der Waals surface area contributed by atoms with Gasteiger partial charge in [0.15, 0.2) is 6.61 Å². The van der Waals surface area contributed by atoms with Crippen LogP contribution in [-0.2, 0) is 30.0 Å². The Morgan fingerprint density at radius 3 is 2.56 bits per heavy atom. The molecule has 9 heteroatoms. The molecule has 3 aliphatic rings. The van der Waals surface area contributed by atoms with Gasteiger partial charge in [0.1, 0.15) is 11.9 Å². The van der Waals surface area contributed by atoms with E-state index in [1.54, 1.807) is 6.08 Å². The van der Waals surface area contributed by atoms with Crippen LogP contribution in [0.25, 0.3) is 6.08 Å². The van der Waals surface area contributed by atoms with Crippen molar-refractivity contribution in [2.24, 2.45) is 34.0 Å². The number of ether oxygens (including phenoxy) is 2. The van der Waals surface area contributed by atoms with Crippen LogP contribution in [0.15, 0.2) is 43.0 Å². The molecular weight excluding hydrogens is 537 g/mol. The third kappa shape index (κ3) is 5.49. The van der Waals surface area contributed by atoms with Crippen LogP contribution in [0, 0.1) is 34.0 Å². The number of carbonyl (C=O) groups excluding carboxylic acids is 3. The van der Waals surface area contributed by atoms with Crippen molar-refractivity contribution in [3.8, 4) is 0 Å². The fourth-order valence-electron chi connectivity index (χ4n) is 7.86. The van der Waals surface area contributed by atoms with Crippen LogP contribution in [0.4, 0.5) is 13.2 Å². The summed E-state index contributed by atoms with van der Waals surface area (Å²) in [7, 11) is 0. The van der Waals surface area contributed by atoms with Gasteiger partial charge < -0.3 is 14.6 Å². The fourth-order valence-corrected chi connectivity index (χ4v) is 7.86. The van der Waals surface area contributed by atoms with E-state index in [0.717, 1.165) is 31.1 Å². The lowest BCUT2D eigenvalue weighted by molar-refractivity contribution is -0.208. The maximum atomic E-state index is 13.4. The average Bonchev–Trinajstić information content (AvgIpc) is 3.28. The van der Waals surface area contributed by atoms with Crippen molar-refractivity contribution in [2.45, 2.75) is 78.2 Å². The maximum absolute atomic E-state index is 13.4. The predicted octanol–water partition coefficient (Wildman–Crippen LogP) is 6.17. The van der Waals surface area contributed by atoms with Gasteiger partial charge in [0.25, 0.3) is 0 Å². The van der Waals surface area contributed by atoms with E-state index < -0.39 is 58.7 Å². The molecule has 41 heavy (non-hydrogen) atoms. The minimum absolute atomic E-state index is 0.0509. The first kappa shape index (κ1) is 31.0. The Balaban J connectivity index is 1.53. The predicted molar refractivity (Wildman–Crippen MR) is 146 cm³/mol. The van der Waals surface area contributed by atoms with E-state index in [-0.39, 0.29) is 35.5 Å². The molecule has 0 amide bonds. The first-order valence-electron chi connectivity index (χ1n) is 14.1. The number of hydrogen-bond donors (Lipinski definition) is 1. The Morgan fingerprint density at radius 2 is 1.90 bits per heavy atom. The standard InChI is InChI=1S/C32H39F3O6/c1-6-29(4)17-24(30(5)19(2)12-14-31(20(3)28(29)39)15-13-23(36)27(30)31)41-26(38)18-40-25(37)11-10-21-8-7-9-22(16-21)32(33,34)35/h6-11,16,19-20,24,27-28,39H,1,12-15,17-18H2,2-5H3/b11-10+/t19-,20-,24+,27-,28-,29?,30-,31?/m0/s1. The molecule has 0 aliphatic heterocycles. The molecule has 1 aromatic rings. The molecule has 2 bridgehead atoms. The van der Waals surface area contributed by atoms with Crippen LogP contribution < -0.4 is 0 Å². The highest BCUT2D eigenvalue weighted by atomic mass is 19.4. The molecule has 3 saturated carbocycles. The lowest BCUT2D eigenvalue weighted by atomic mass is 9.44. The molecule has 0 aromatic heterocycles. The summed E-state index contributed by atoms with van der Waals surface area (Å²) in [5, 5.41) is 11.6. The summed E-state index contributed by atoms with van der Waals surface area (Å²) in [6, 6.07) is 4.46. The second kappa shape index (κ2) is 11.0. The first-order valence-corrected chi connectivity index (χ1v) is 14.1. The number of halogens is 3. The summed E-state index contributed by atoms with van der Waals surface area (Å²) in [5.41, 5.74) is -2.61. The number of benzene rings is 1. The Kier molecular flexibility index (Phi) is 8.35. The van der Waals surface area contributed by atoms with Gasteiger partial charge in [0, 0.05) is 29.2 Å². The molecule has 224 valence electrons. The Morgan fingerprint density at radius 1 is 1.20 bits per heavy atom. The van der Waals surface area contributed by atoms with Gasteiger partial charge in [-0.05, 0) is 66.7 Å². The molecular formula is C32H39F3O6. The summed E-state index contributed by atoms with van der Waals surface area (Å²) in [6.45, 7) is 11.3. The van der Waals surface area contributed by atoms with Gasteiger partial charge in [-0.3, -0.25) is 4.79 Å². The van der Waals surface area contributed by atoms with Crippen LogP contribution in [0.5, 0.6) is 0 Å². The van der Waals surface area contributed by atoms with Crippen molar-refractivity contribution in [2.75, 3.05) is 6.61 Å². The fraction of sp³-hybridized carbons (Fsp3) is 0.594. The normalized spacial score (nSPS) is 37.2. The maximum Gasteiger partial charge on any atom is 0.416 e. The number of aliphatic hydroxyl groups excluding tert-OH is 1. The lowest BCUT2D eigenvalue weighted by Gasteiger charge is -2.61. The molecule has 8 atom stereocenters. The van der Waals surface area contributed by atoms with Crippen molar-refractivity contribution in [1.82, 2.24) is 0 Å². The van der Waals surface area contributed by atoms with Crippen molar-refractivity contribution in [1.29, 1.82) is 0 Å². The zero-order valence-corrected chi connectivity index (χ0v) is 24.0. The molecule has 0 radical (unpaired) electrons. The van der Waals surface area contributed by atoms with Gasteiger partial charge in [-0.25, -0.2) is 9.59 Å². The van der Waals surface area contributed by atoms with Crippen LogP contribution in [0.2, 0.25) is 0 Å².